The maximum atomic E-state index is 12.9. The lowest BCUT2D eigenvalue weighted by Gasteiger charge is -2.31. The summed E-state index contributed by atoms with van der Waals surface area (Å²) in [5, 5.41) is 2.87. The number of ether oxygens (including phenoxy) is 2. The van der Waals surface area contributed by atoms with Crippen LogP contribution in [0.1, 0.15) is 40.1 Å². The molecule has 0 unspecified atom stereocenters. The van der Waals surface area contributed by atoms with Crippen LogP contribution in [0.25, 0.3) is 0 Å². The zero-order valence-electron chi connectivity index (χ0n) is 20.5. The fraction of sp³-hybridized carbons (Fsp3) is 0.286. The number of nitrogens with one attached hydrogen (secondary N) is 1. The van der Waals surface area contributed by atoms with Gasteiger partial charge in [-0.05, 0) is 55.8 Å². The van der Waals surface area contributed by atoms with Crippen molar-refractivity contribution in [2.24, 2.45) is 0 Å². The van der Waals surface area contributed by atoms with Crippen LogP contribution in [0.2, 0.25) is 0 Å². The van der Waals surface area contributed by atoms with Gasteiger partial charge in [0, 0.05) is 5.69 Å². The van der Waals surface area contributed by atoms with E-state index in [2.05, 4.69) is 26.2 Å². The van der Waals surface area contributed by atoms with Crippen molar-refractivity contribution in [3.8, 4) is 5.75 Å². The SMILES string of the molecule is CC[N+](C)(CC)CCOC(=O)c1ccc(NC(=O)c2ccccc2OCc2ccccc2)cc1.[Br-]. The third-order valence-corrected chi connectivity index (χ3v) is 6.14. The van der Waals surface area contributed by atoms with Gasteiger partial charge in [-0.2, -0.15) is 0 Å². The van der Waals surface area contributed by atoms with Crippen LogP contribution in [0, 0.1) is 0 Å². The Kier molecular flexibility index (Phi) is 11.0. The minimum absolute atomic E-state index is 0. The molecule has 3 aromatic rings. The normalized spacial score (nSPS) is 10.7. The number of halogens is 1. The van der Waals surface area contributed by atoms with Crippen LogP contribution in [0.15, 0.2) is 78.9 Å². The van der Waals surface area contributed by atoms with E-state index in [1.54, 1.807) is 42.5 Å². The van der Waals surface area contributed by atoms with E-state index in [9.17, 15) is 9.59 Å². The topological polar surface area (TPSA) is 64.6 Å². The number of benzene rings is 3. The average Bonchev–Trinajstić information content (AvgIpc) is 2.88. The molecule has 0 heterocycles. The Morgan fingerprint density at radius 2 is 1.49 bits per heavy atom. The summed E-state index contributed by atoms with van der Waals surface area (Å²) in [4.78, 5) is 25.2. The van der Waals surface area contributed by atoms with Crippen molar-refractivity contribution in [3.63, 3.8) is 0 Å². The maximum Gasteiger partial charge on any atom is 0.338 e. The lowest BCUT2D eigenvalue weighted by Crippen LogP contribution is -3.00. The van der Waals surface area contributed by atoms with E-state index in [1.807, 2.05) is 36.4 Å². The van der Waals surface area contributed by atoms with Crippen molar-refractivity contribution in [1.29, 1.82) is 0 Å². The van der Waals surface area contributed by atoms with Gasteiger partial charge in [-0.25, -0.2) is 4.79 Å². The fourth-order valence-corrected chi connectivity index (χ4v) is 3.39. The number of para-hydroxylation sites is 1. The number of amides is 1. The summed E-state index contributed by atoms with van der Waals surface area (Å²) in [7, 11) is 2.15. The molecule has 186 valence electrons. The molecule has 1 N–H and O–H groups in total. The number of rotatable bonds is 11. The lowest BCUT2D eigenvalue weighted by atomic mass is 10.1. The van der Waals surface area contributed by atoms with E-state index in [0.717, 1.165) is 29.7 Å². The quantitative estimate of drug-likeness (QED) is 0.299. The second kappa shape index (κ2) is 13.7. The standard InChI is InChI=1S/C28H32N2O4.BrH/c1-4-30(3,5-2)19-20-33-28(32)23-15-17-24(18-16-23)29-27(31)25-13-9-10-14-26(25)34-21-22-11-7-6-8-12-22;/h6-18H,4-5,19-21H2,1-3H3;1H. The first-order valence-corrected chi connectivity index (χ1v) is 11.6. The van der Waals surface area contributed by atoms with Crippen LogP contribution in [-0.2, 0) is 11.3 Å². The Morgan fingerprint density at radius 3 is 2.14 bits per heavy atom. The molecular formula is C28H33BrN2O4. The van der Waals surface area contributed by atoms with Gasteiger partial charge in [0.25, 0.3) is 5.91 Å². The minimum atomic E-state index is -0.365. The average molecular weight is 541 g/mol. The van der Waals surface area contributed by atoms with E-state index >= 15 is 0 Å². The van der Waals surface area contributed by atoms with Crippen molar-refractivity contribution < 1.29 is 40.5 Å². The summed E-state index contributed by atoms with van der Waals surface area (Å²) in [6, 6.07) is 23.6. The molecule has 0 aromatic heterocycles. The van der Waals surface area contributed by atoms with Crippen LogP contribution in [0.5, 0.6) is 5.75 Å². The van der Waals surface area contributed by atoms with Gasteiger partial charge < -0.3 is 36.3 Å². The van der Waals surface area contributed by atoms with Gasteiger partial charge in [0.15, 0.2) is 0 Å². The highest BCUT2D eigenvalue weighted by atomic mass is 79.9. The van der Waals surface area contributed by atoms with Gasteiger partial charge >= 0.3 is 5.97 Å². The molecule has 0 saturated carbocycles. The molecule has 35 heavy (non-hydrogen) atoms. The monoisotopic (exact) mass is 540 g/mol. The molecule has 0 radical (unpaired) electrons. The van der Waals surface area contributed by atoms with Crippen LogP contribution in [0.3, 0.4) is 0 Å². The van der Waals surface area contributed by atoms with Crippen LogP contribution in [-0.4, -0.2) is 49.6 Å². The van der Waals surface area contributed by atoms with E-state index in [-0.39, 0.29) is 28.9 Å². The molecular weight excluding hydrogens is 508 g/mol. The summed E-state index contributed by atoms with van der Waals surface area (Å²) in [5.74, 6) is -0.139. The van der Waals surface area contributed by atoms with Crippen molar-refractivity contribution in [2.75, 3.05) is 38.6 Å². The Hall–Kier alpha value is -3.16. The van der Waals surface area contributed by atoms with Crippen molar-refractivity contribution in [2.45, 2.75) is 20.5 Å². The molecule has 0 aliphatic rings. The predicted octanol–water partition coefficient (Wildman–Crippen LogP) is 2.17. The van der Waals surface area contributed by atoms with Crippen LogP contribution >= 0.6 is 0 Å². The summed E-state index contributed by atoms with van der Waals surface area (Å²) < 4.78 is 12.2. The first-order chi connectivity index (χ1) is 16.4. The van der Waals surface area contributed by atoms with Gasteiger partial charge in [-0.3, -0.25) is 4.79 Å². The van der Waals surface area contributed by atoms with E-state index in [4.69, 9.17) is 9.47 Å². The molecule has 0 atom stereocenters. The second-order valence-corrected chi connectivity index (χ2v) is 8.41. The van der Waals surface area contributed by atoms with Gasteiger partial charge in [0.05, 0.1) is 31.3 Å². The largest absolute Gasteiger partial charge is 1.00 e. The number of hydrogen-bond donors (Lipinski definition) is 1. The number of hydrogen-bond acceptors (Lipinski definition) is 4. The number of anilines is 1. The number of carbonyl (C=O) groups excluding carboxylic acids is 2. The Bertz CT molecular complexity index is 1080. The number of nitrogens with zero attached hydrogens (tertiary/aromatic N) is 1. The zero-order valence-corrected chi connectivity index (χ0v) is 22.1. The highest BCUT2D eigenvalue weighted by Crippen LogP contribution is 2.21. The highest BCUT2D eigenvalue weighted by Gasteiger charge is 2.18. The maximum absolute atomic E-state index is 12.9. The molecule has 1 amide bonds. The number of esters is 1. The van der Waals surface area contributed by atoms with Gasteiger partial charge in [0.1, 0.15) is 25.5 Å². The lowest BCUT2D eigenvalue weighted by molar-refractivity contribution is -0.906. The molecule has 0 fully saturated rings. The summed E-state index contributed by atoms with van der Waals surface area (Å²) in [6.07, 6.45) is 0. The predicted molar refractivity (Wildman–Crippen MR) is 134 cm³/mol. The molecule has 3 aromatic carbocycles. The first kappa shape index (κ1) is 28.1. The Balaban J connectivity index is 0.00000432. The van der Waals surface area contributed by atoms with Crippen molar-refractivity contribution >= 4 is 17.6 Å². The highest BCUT2D eigenvalue weighted by molar-refractivity contribution is 6.06. The van der Waals surface area contributed by atoms with E-state index in [0.29, 0.717) is 35.8 Å². The number of carbonyl (C=O) groups is 2. The Labute approximate surface area is 218 Å². The molecule has 3 rings (SSSR count). The van der Waals surface area contributed by atoms with Gasteiger partial charge in [0.2, 0.25) is 0 Å². The first-order valence-electron chi connectivity index (χ1n) is 11.6. The molecule has 0 saturated heterocycles. The summed E-state index contributed by atoms with van der Waals surface area (Å²) >= 11 is 0. The third kappa shape index (κ3) is 8.23. The van der Waals surface area contributed by atoms with E-state index in [1.165, 1.54) is 0 Å². The minimum Gasteiger partial charge on any atom is -1.00 e. The molecule has 7 heteroatoms. The van der Waals surface area contributed by atoms with E-state index < -0.39 is 0 Å². The van der Waals surface area contributed by atoms with Crippen molar-refractivity contribution in [1.82, 2.24) is 0 Å². The zero-order chi connectivity index (χ0) is 24.4. The molecule has 0 aliphatic heterocycles. The molecule has 0 spiro atoms. The number of quaternary nitrogens is 1. The van der Waals surface area contributed by atoms with Gasteiger partial charge in [-0.15, -0.1) is 0 Å². The summed E-state index contributed by atoms with van der Waals surface area (Å²) in [6.45, 7) is 7.76. The Morgan fingerprint density at radius 1 is 0.857 bits per heavy atom. The summed E-state index contributed by atoms with van der Waals surface area (Å²) in [5.41, 5.74) is 2.50. The van der Waals surface area contributed by atoms with Crippen LogP contribution < -0.4 is 27.0 Å². The second-order valence-electron chi connectivity index (χ2n) is 8.41. The fourth-order valence-electron chi connectivity index (χ4n) is 3.39. The number of likely N-dealkylation sites (N-methyl/N-ethyl adjacent to an activating group) is 1. The molecule has 6 nitrogen and oxygen atoms in total. The molecule has 0 aliphatic carbocycles. The molecule has 0 bridgehead atoms. The smallest absolute Gasteiger partial charge is 0.338 e. The van der Waals surface area contributed by atoms with Gasteiger partial charge in [-0.1, -0.05) is 42.5 Å². The van der Waals surface area contributed by atoms with Crippen LogP contribution in [0.4, 0.5) is 5.69 Å². The third-order valence-electron chi connectivity index (χ3n) is 6.14. The van der Waals surface area contributed by atoms with Crippen molar-refractivity contribution in [3.05, 3.63) is 95.6 Å².